The highest BCUT2D eigenvalue weighted by atomic mass is 79.9. The molecule has 0 saturated heterocycles. The minimum atomic E-state index is -3.84. The summed E-state index contributed by atoms with van der Waals surface area (Å²) < 4.78 is 33.8. The smallest absolute Gasteiger partial charge is 0.261 e. The van der Waals surface area contributed by atoms with E-state index in [0.29, 0.717) is 23.8 Å². The van der Waals surface area contributed by atoms with Gasteiger partial charge in [-0.2, -0.15) is 4.98 Å². The summed E-state index contributed by atoms with van der Waals surface area (Å²) in [6.07, 6.45) is 0.631. The van der Waals surface area contributed by atoms with Crippen LogP contribution in [-0.4, -0.2) is 36.4 Å². The molecule has 2 aromatic carbocycles. The van der Waals surface area contributed by atoms with Crippen molar-refractivity contribution in [1.29, 1.82) is 0 Å². The Hall–Kier alpha value is -2.72. The number of rotatable bonds is 7. The largest absolute Gasteiger partial charge is 0.337 e. The lowest BCUT2D eigenvalue weighted by Crippen LogP contribution is -2.26. The molecule has 1 N–H and O–H groups in total. The maximum absolute atomic E-state index is 12.7. The van der Waals surface area contributed by atoms with E-state index in [1.165, 1.54) is 23.1 Å². The summed E-state index contributed by atoms with van der Waals surface area (Å²) in [5.41, 5.74) is 0.659. The van der Waals surface area contributed by atoms with Crippen LogP contribution < -0.4 is 4.72 Å². The summed E-state index contributed by atoms with van der Waals surface area (Å²) >= 11 is 3.30. The Morgan fingerprint density at radius 1 is 1.21 bits per heavy atom. The maximum atomic E-state index is 12.7. The summed E-state index contributed by atoms with van der Waals surface area (Å²) in [5, 5.41) is 3.80. The first kappa shape index (κ1) is 21.0. The SMILES string of the molecule is CCc1noc(CN(C)C(=O)c2cccc(S(=O)(=O)Nc3ccc(Br)cc3)c2)n1. The van der Waals surface area contributed by atoms with Gasteiger partial charge in [0, 0.05) is 29.2 Å². The highest BCUT2D eigenvalue weighted by Crippen LogP contribution is 2.20. The predicted molar refractivity (Wildman–Crippen MR) is 111 cm³/mol. The molecule has 152 valence electrons. The van der Waals surface area contributed by atoms with Gasteiger partial charge in [0.25, 0.3) is 15.9 Å². The normalized spacial score (nSPS) is 11.3. The molecular weight excluding hydrogens is 460 g/mol. The fourth-order valence-electron chi connectivity index (χ4n) is 2.52. The Labute approximate surface area is 177 Å². The lowest BCUT2D eigenvalue weighted by molar-refractivity contribution is 0.0769. The van der Waals surface area contributed by atoms with E-state index in [9.17, 15) is 13.2 Å². The topological polar surface area (TPSA) is 105 Å². The van der Waals surface area contributed by atoms with Crippen molar-refractivity contribution in [3.8, 4) is 0 Å². The number of anilines is 1. The molecule has 0 spiro atoms. The molecule has 0 saturated carbocycles. The number of sulfonamides is 1. The standard InChI is InChI=1S/C19H19BrN4O4S/c1-3-17-21-18(28-22-17)12-24(2)19(25)13-5-4-6-16(11-13)29(26,27)23-15-9-7-14(20)8-10-15/h4-11,23H,3,12H2,1-2H3. The van der Waals surface area contributed by atoms with Crippen LogP contribution in [0.4, 0.5) is 5.69 Å². The molecule has 8 nitrogen and oxygen atoms in total. The van der Waals surface area contributed by atoms with Crippen LogP contribution in [0.5, 0.6) is 0 Å². The van der Waals surface area contributed by atoms with Crippen LogP contribution in [0.2, 0.25) is 0 Å². The molecule has 0 radical (unpaired) electrons. The number of amides is 1. The van der Waals surface area contributed by atoms with E-state index in [1.807, 2.05) is 6.92 Å². The average Bonchev–Trinajstić information content (AvgIpc) is 3.16. The van der Waals surface area contributed by atoms with Crippen LogP contribution >= 0.6 is 15.9 Å². The first-order chi connectivity index (χ1) is 13.8. The molecule has 29 heavy (non-hydrogen) atoms. The van der Waals surface area contributed by atoms with Crippen molar-refractivity contribution in [3.63, 3.8) is 0 Å². The molecule has 10 heteroatoms. The number of carbonyl (C=O) groups is 1. The van der Waals surface area contributed by atoms with E-state index in [2.05, 4.69) is 30.8 Å². The third-order valence-corrected chi connectivity index (χ3v) is 5.94. The maximum Gasteiger partial charge on any atom is 0.261 e. The Morgan fingerprint density at radius 2 is 1.93 bits per heavy atom. The quantitative estimate of drug-likeness (QED) is 0.557. The molecule has 0 aliphatic carbocycles. The Kier molecular flexibility index (Phi) is 6.33. The molecule has 1 aromatic heterocycles. The van der Waals surface area contributed by atoms with Crippen molar-refractivity contribution in [3.05, 3.63) is 70.3 Å². The molecule has 0 aliphatic heterocycles. The summed E-state index contributed by atoms with van der Waals surface area (Å²) in [4.78, 5) is 18.3. The van der Waals surface area contributed by atoms with Crippen molar-refractivity contribution in [2.75, 3.05) is 11.8 Å². The average molecular weight is 479 g/mol. The molecule has 0 bridgehead atoms. The molecular formula is C19H19BrN4O4S. The molecule has 3 aromatic rings. The molecule has 3 rings (SSSR count). The summed E-state index contributed by atoms with van der Waals surface area (Å²) in [6, 6.07) is 12.6. The van der Waals surface area contributed by atoms with Crippen LogP contribution in [0.3, 0.4) is 0 Å². The number of aryl methyl sites for hydroxylation is 1. The Bertz CT molecular complexity index is 1110. The highest BCUT2D eigenvalue weighted by molar-refractivity contribution is 9.10. The van der Waals surface area contributed by atoms with Crippen LogP contribution in [0.1, 0.15) is 29.0 Å². The zero-order valence-electron chi connectivity index (χ0n) is 15.8. The van der Waals surface area contributed by atoms with Gasteiger partial charge in [0.15, 0.2) is 5.82 Å². The van der Waals surface area contributed by atoms with E-state index in [1.54, 1.807) is 37.4 Å². The van der Waals surface area contributed by atoms with Gasteiger partial charge >= 0.3 is 0 Å². The number of hydrogen-bond acceptors (Lipinski definition) is 6. The number of hydrogen-bond donors (Lipinski definition) is 1. The molecule has 0 atom stereocenters. The second-order valence-electron chi connectivity index (χ2n) is 6.26. The molecule has 1 amide bonds. The van der Waals surface area contributed by atoms with E-state index < -0.39 is 10.0 Å². The van der Waals surface area contributed by atoms with E-state index in [-0.39, 0.29) is 22.9 Å². The van der Waals surface area contributed by atoms with Crippen LogP contribution in [0.15, 0.2) is 62.4 Å². The van der Waals surface area contributed by atoms with Gasteiger partial charge in [-0.1, -0.05) is 34.1 Å². The van der Waals surface area contributed by atoms with Crippen molar-refractivity contribution in [1.82, 2.24) is 15.0 Å². The number of halogens is 1. The Morgan fingerprint density at radius 3 is 2.59 bits per heavy atom. The van der Waals surface area contributed by atoms with Crippen LogP contribution in [0, 0.1) is 0 Å². The van der Waals surface area contributed by atoms with Gasteiger partial charge in [0.1, 0.15) is 0 Å². The number of benzene rings is 2. The van der Waals surface area contributed by atoms with E-state index in [0.717, 1.165) is 4.47 Å². The number of carbonyl (C=O) groups excluding carboxylic acids is 1. The Balaban J connectivity index is 1.76. The number of nitrogens with zero attached hydrogens (tertiary/aromatic N) is 3. The van der Waals surface area contributed by atoms with Gasteiger partial charge < -0.3 is 9.42 Å². The molecule has 0 aliphatic rings. The zero-order chi connectivity index (χ0) is 21.0. The van der Waals surface area contributed by atoms with E-state index in [4.69, 9.17) is 4.52 Å². The second-order valence-corrected chi connectivity index (χ2v) is 8.86. The molecule has 1 heterocycles. The fraction of sp³-hybridized carbons (Fsp3) is 0.211. The summed E-state index contributed by atoms with van der Waals surface area (Å²) in [6.45, 7) is 2.03. The van der Waals surface area contributed by atoms with Gasteiger partial charge in [-0.05, 0) is 42.5 Å². The minimum absolute atomic E-state index is 0.00858. The number of nitrogens with one attached hydrogen (secondary N) is 1. The fourth-order valence-corrected chi connectivity index (χ4v) is 3.89. The van der Waals surface area contributed by atoms with Crippen molar-refractivity contribution < 1.29 is 17.7 Å². The summed E-state index contributed by atoms with van der Waals surface area (Å²) in [7, 11) is -2.26. The van der Waals surface area contributed by atoms with Crippen LogP contribution in [-0.2, 0) is 23.0 Å². The minimum Gasteiger partial charge on any atom is -0.337 e. The van der Waals surface area contributed by atoms with Crippen LogP contribution in [0.25, 0.3) is 0 Å². The predicted octanol–water partition coefficient (Wildman–Crippen LogP) is 3.47. The first-order valence-corrected chi connectivity index (χ1v) is 11.0. The van der Waals surface area contributed by atoms with Gasteiger partial charge in [-0.3, -0.25) is 9.52 Å². The third-order valence-electron chi connectivity index (χ3n) is 4.03. The summed E-state index contributed by atoms with van der Waals surface area (Å²) in [5.74, 6) is 0.522. The zero-order valence-corrected chi connectivity index (χ0v) is 18.2. The van der Waals surface area contributed by atoms with Crippen molar-refractivity contribution in [2.45, 2.75) is 24.8 Å². The van der Waals surface area contributed by atoms with Gasteiger partial charge in [-0.15, -0.1) is 0 Å². The lowest BCUT2D eigenvalue weighted by Gasteiger charge is -2.15. The first-order valence-electron chi connectivity index (χ1n) is 8.74. The van der Waals surface area contributed by atoms with Gasteiger partial charge in [-0.25, -0.2) is 8.42 Å². The van der Waals surface area contributed by atoms with Gasteiger partial charge in [0.05, 0.1) is 11.4 Å². The number of aromatic nitrogens is 2. The molecule has 0 fully saturated rings. The second kappa shape index (κ2) is 8.75. The monoisotopic (exact) mass is 478 g/mol. The van der Waals surface area contributed by atoms with Crippen molar-refractivity contribution >= 4 is 37.5 Å². The third kappa shape index (κ3) is 5.21. The highest BCUT2D eigenvalue weighted by Gasteiger charge is 2.19. The molecule has 0 unspecified atom stereocenters. The van der Waals surface area contributed by atoms with Crippen molar-refractivity contribution in [2.24, 2.45) is 0 Å². The van der Waals surface area contributed by atoms with E-state index >= 15 is 0 Å². The van der Waals surface area contributed by atoms with Gasteiger partial charge in [0.2, 0.25) is 5.89 Å². The lowest BCUT2D eigenvalue weighted by atomic mass is 10.2.